The Morgan fingerprint density at radius 3 is 1.15 bits per heavy atom. The summed E-state index contributed by atoms with van der Waals surface area (Å²) in [4.78, 5) is 10.3. The Bertz CT molecular complexity index is 259. The van der Waals surface area contributed by atoms with E-state index in [-0.39, 0.29) is 0 Å². The first-order chi connectivity index (χ1) is 9.81. The zero-order valence-electron chi connectivity index (χ0n) is 12.8. The summed E-state index contributed by atoms with van der Waals surface area (Å²) >= 11 is 0. The van der Waals surface area contributed by atoms with Crippen LogP contribution in [-0.4, -0.2) is 98.1 Å². The van der Waals surface area contributed by atoms with Crippen LogP contribution in [0.25, 0.3) is 0 Å². The standard InChI is InChI=1S/C16H30N4/c1-3-5-17-7-11-19-13-9-18(6-4-2)10-14-20(12-8-17)16-15-19/h3-4H,1-2,5-16H2. The van der Waals surface area contributed by atoms with Gasteiger partial charge in [-0.1, -0.05) is 12.2 Å². The molecule has 2 heterocycles. The first kappa shape index (κ1) is 15.7. The van der Waals surface area contributed by atoms with Gasteiger partial charge in [0.1, 0.15) is 0 Å². The normalized spacial score (nSPS) is 30.4. The van der Waals surface area contributed by atoms with Gasteiger partial charge >= 0.3 is 0 Å². The number of hydrogen-bond acceptors (Lipinski definition) is 4. The number of rotatable bonds is 4. The van der Waals surface area contributed by atoms with Crippen molar-refractivity contribution in [1.82, 2.24) is 19.6 Å². The largest absolute Gasteiger partial charge is 0.300 e. The van der Waals surface area contributed by atoms with Gasteiger partial charge in [0, 0.05) is 78.5 Å². The smallest absolute Gasteiger partial charge is 0.0161 e. The molecular formula is C16H30N4. The van der Waals surface area contributed by atoms with E-state index in [0.29, 0.717) is 0 Å². The van der Waals surface area contributed by atoms with Crippen LogP contribution in [0, 0.1) is 0 Å². The van der Waals surface area contributed by atoms with Crippen molar-refractivity contribution in [1.29, 1.82) is 0 Å². The summed E-state index contributed by atoms with van der Waals surface area (Å²) in [7, 11) is 0. The SMILES string of the molecule is C=CCN1CCN2CCN(CC=C)CCN(CC1)CC2. The van der Waals surface area contributed by atoms with Crippen LogP contribution in [0.5, 0.6) is 0 Å². The molecule has 2 saturated heterocycles. The van der Waals surface area contributed by atoms with Gasteiger partial charge in [-0.05, 0) is 0 Å². The maximum Gasteiger partial charge on any atom is 0.0161 e. The Kier molecular flexibility index (Phi) is 6.73. The van der Waals surface area contributed by atoms with Crippen molar-refractivity contribution >= 4 is 0 Å². The molecule has 0 N–H and O–H groups in total. The van der Waals surface area contributed by atoms with Crippen molar-refractivity contribution in [2.75, 3.05) is 78.5 Å². The van der Waals surface area contributed by atoms with E-state index in [9.17, 15) is 0 Å². The summed E-state index contributed by atoms with van der Waals surface area (Å²) in [5, 5.41) is 0. The molecule has 0 aromatic carbocycles. The van der Waals surface area contributed by atoms with E-state index in [1.165, 1.54) is 65.4 Å². The average molecular weight is 278 g/mol. The summed E-state index contributed by atoms with van der Waals surface area (Å²) in [6, 6.07) is 0. The van der Waals surface area contributed by atoms with E-state index >= 15 is 0 Å². The van der Waals surface area contributed by atoms with E-state index in [4.69, 9.17) is 0 Å². The van der Waals surface area contributed by atoms with Crippen LogP contribution in [0.3, 0.4) is 0 Å². The molecule has 114 valence electrons. The molecule has 2 bridgehead atoms. The van der Waals surface area contributed by atoms with Crippen LogP contribution in [0.2, 0.25) is 0 Å². The molecule has 2 aliphatic rings. The Hall–Kier alpha value is -0.680. The summed E-state index contributed by atoms with van der Waals surface area (Å²) in [6.07, 6.45) is 4.06. The lowest BCUT2D eigenvalue weighted by Gasteiger charge is -2.29. The van der Waals surface area contributed by atoms with Gasteiger partial charge < -0.3 is 0 Å². The molecule has 2 aliphatic heterocycles. The fourth-order valence-electron chi connectivity index (χ4n) is 3.04. The molecule has 0 amide bonds. The summed E-state index contributed by atoms with van der Waals surface area (Å²) in [5.41, 5.74) is 0. The van der Waals surface area contributed by atoms with Gasteiger partial charge in [-0.25, -0.2) is 0 Å². The molecule has 0 atom stereocenters. The van der Waals surface area contributed by atoms with Crippen LogP contribution in [0.1, 0.15) is 0 Å². The van der Waals surface area contributed by atoms with Crippen LogP contribution in [0.15, 0.2) is 25.3 Å². The van der Waals surface area contributed by atoms with E-state index < -0.39 is 0 Å². The predicted molar refractivity (Wildman–Crippen MR) is 86.2 cm³/mol. The minimum absolute atomic E-state index is 1.02. The summed E-state index contributed by atoms with van der Waals surface area (Å²) in [6.45, 7) is 21.6. The van der Waals surface area contributed by atoms with Crippen molar-refractivity contribution in [3.63, 3.8) is 0 Å². The lowest BCUT2D eigenvalue weighted by Crippen LogP contribution is -2.42. The number of hydrogen-bond donors (Lipinski definition) is 0. The summed E-state index contributed by atoms with van der Waals surface area (Å²) in [5.74, 6) is 0. The van der Waals surface area contributed by atoms with E-state index in [1.807, 2.05) is 12.2 Å². The molecule has 0 aliphatic carbocycles. The van der Waals surface area contributed by atoms with E-state index in [0.717, 1.165) is 13.1 Å². The molecule has 20 heavy (non-hydrogen) atoms. The third-order valence-electron chi connectivity index (χ3n) is 4.44. The molecule has 0 saturated carbocycles. The van der Waals surface area contributed by atoms with Gasteiger partial charge in [0.05, 0.1) is 0 Å². The highest BCUT2D eigenvalue weighted by atomic mass is 15.3. The molecule has 0 aromatic rings. The number of nitrogens with zero attached hydrogens (tertiary/aromatic N) is 4. The molecule has 0 unspecified atom stereocenters. The zero-order valence-corrected chi connectivity index (χ0v) is 12.8. The number of fused-ring (bicyclic) bond motifs is 3. The quantitative estimate of drug-likeness (QED) is 0.698. The fraction of sp³-hybridized carbons (Fsp3) is 0.750. The van der Waals surface area contributed by atoms with Gasteiger partial charge in [0.15, 0.2) is 0 Å². The molecule has 4 heteroatoms. The second-order valence-electron chi connectivity index (χ2n) is 5.86. The van der Waals surface area contributed by atoms with Crippen molar-refractivity contribution in [3.8, 4) is 0 Å². The minimum atomic E-state index is 1.02. The highest BCUT2D eigenvalue weighted by Gasteiger charge is 2.19. The molecule has 2 rings (SSSR count). The molecule has 0 aromatic heterocycles. The van der Waals surface area contributed by atoms with Crippen molar-refractivity contribution in [3.05, 3.63) is 25.3 Å². The lowest BCUT2D eigenvalue weighted by atomic mass is 10.3. The van der Waals surface area contributed by atoms with E-state index in [2.05, 4.69) is 32.8 Å². The van der Waals surface area contributed by atoms with Crippen molar-refractivity contribution < 1.29 is 0 Å². The third-order valence-corrected chi connectivity index (χ3v) is 4.44. The second-order valence-corrected chi connectivity index (χ2v) is 5.86. The zero-order chi connectivity index (χ0) is 14.2. The highest BCUT2D eigenvalue weighted by Crippen LogP contribution is 2.04. The maximum absolute atomic E-state index is 3.88. The van der Waals surface area contributed by atoms with Gasteiger partial charge in [-0.15, -0.1) is 13.2 Å². The van der Waals surface area contributed by atoms with Gasteiger partial charge in [0.25, 0.3) is 0 Å². The first-order valence-electron chi connectivity index (χ1n) is 7.93. The third kappa shape index (κ3) is 5.02. The first-order valence-corrected chi connectivity index (χ1v) is 7.93. The highest BCUT2D eigenvalue weighted by molar-refractivity contribution is 4.81. The van der Waals surface area contributed by atoms with Crippen LogP contribution >= 0.6 is 0 Å². The van der Waals surface area contributed by atoms with Gasteiger partial charge in [-0.3, -0.25) is 19.6 Å². The molecule has 0 radical (unpaired) electrons. The maximum atomic E-state index is 3.88. The van der Waals surface area contributed by atoms with Crippen molar-refractivity contribution in [2.24, 2.45) is 0 Å². The Morgan fingerprint density at radius 2 is 0.850 bits per heavy atom. The van der Waals surface area contributed by atoms with Gasteiger partial charge in [0.2, 0.25) is 0 Å². The Morgan fingerprint density at radius 1 is 0.550 bits per heavy atom. The predicted octanol–water partition coefficient (Wildman–Crippen LogP) is 0.594. The monoisotopic (exact) mass is 278 g/mol. The van der Waals surface area contributed by atoms with Crippen LogP contribution in [0.4, 0.5) is 0 Å². The molecule has 0 spiro atoms. The Labute approximate surface area is 124 Å². The molecule has 2 fully saturated rings. The molecule has 4 nitrogen and oxygen atoms in total. The average Bonchev–Trinajstić information content (AvgIpc) is 2.60. The van der Waals surface area contributed by atoms with E-state index in [1.54, 1.807) is 0 Å². The Balaban J connectivity index is 1.98. The second kappa shape index (κ2) is 8.57. The topological polar surface area (TPSA) is 13.0 Å². The molecular weight excluding hydrogens is 248 g/mol. The summed E-state index contributed by atoms with van der Waals surface area (Å²) < 4.78 is 0. The van der Waals surface area contributed by atoms with Crippen molar-refractivity contribution in [2.45, 2.75) is 0 Å². The van der Waals surface area contributed by atoms with Crippen LogP contribution < -0.4 is 0 Å². The lowest BCUT2D eigenvalue weighted by molar-refractivity contribution is 0.190. The fourth-order valence-corrected chi connectivity index (χ4v) is 3.04. The van der Waals surface area contributed by atoms with Gasteiger partial charge in [-0.2, -0.15) is 0 Å². The van der Waals surface area contributed by atoms with Crippen LogP contribution in [-0.2, 0) is 0 Å². The minimum Gasteiger partial charge on any atom is -0.300 e.